The third-order valence-corrected chi connectivity index (χ3v) is 4.83. The molecule has 0 radical (unpaired) electrons. The van der Waals surface area contributed by atoms with Crippen molar-refractivity contribution in [2.24, 2.45) is 7.05 Å². The van der Waals surface area contributed by atoms with E-state index in [4.69, 9.17) is 0 Å². The molecule has 0 spiro atoms. The van der Waals surface area contributed by atoms with Crippen LogP contribution in [0.15, 0.2) is 29.1 Å². The highest BCUT2D eigenvalue weighted by molar-refractivity contribution is 5.74. The van der Waals surface area contributed by atoms with Crippen LogP contribution in [0.2, 0.25) is 0 Å². The summed E-state index contributed by atoms with van der Waals surface area (Å²) in [5.41, 5.74) is 0.631. The van der Waals surface area contributed by atoms with Gasteiger partial charge in [-0.2, -0.15) is 5.10 Å². The van der Waals surface area contributed by atoms with Crippen LogP contribution in [0.25, 0.3) is 0 Å². The first-order chi connectivity index (χ1) is 12.5. The molecular formula is C18H24FN5O2. The Kier molecular flexibility index (Phi) is 5.39. The molecule has 1 aromatic heterocycles. The van der Waals surface area contributed by atoms with E-state index in [0.29, 0.717) is 26.2 Å². The molecule has 2 aromatic rings. The minimum absolute atomic E-state index is 0.0993. The van der Waals surface area contributed by atoms with Crippen molar-refractivity contribution < 1.29 is 9.18 Å². The number of halogens is 1. The molecule has 140 valence electrons. The maximum atomic E-state index is 13.2. The number of hydrogen-bond donors (Lipinski definition) is 1. The van der Waals surface area contributed by atoms with Gasteiger partial charge in [-0.25, -0.2) is 18.7 Å². The molecule has 2 amide bonds. The molecule has 0 bridgehead atoms. The number of urea groups is 1. The zero-order chi connectivity index (χ0) is 18.7. The zero-order valence-corrected chi connectivity index (χ0v) is 15.1. The highest BCUT2D eigenvalue weighted by Crippen LogP contribution is 2.26. The van der Waals surface area contributed by atoms with Gasteiger partial charge in [0.05, 0.1) is 0 Å². The van der Waals surface area contributed by atoms with E-state index in [0.717, 1.165) is 24.2 Å². The van der Waals surface area contributed by atoms with Gasteiger partial charge in [-0.3, -0.25) is 4.57 Å². The van der Waals surface area contributed by atoms with E-state index in [1.165, 1.54) is 16.8 Å². The summed E-state index contributed by atoms with van der Waals surface area (Å²) in [5.74, 6) is 0.672. The average Bonchev–Trinajstić information content (AvgIpc) is 2.94. The molecule has 1 aliphatic rings. The molecule has 0 saturated carbocycles. The van der Waals surface area contributed by atoms with Crippen LogP contribution in [0.3, 0.4) is 0 Å². The Bertz CT molecular complexity index is 836. The van der Waals surface area contributed by atoms with Crippen molar-refractivity contribution >= 4 is 6.03 Å². The normalized spacial score (nSPS) is 15.3. The minimum atomic E-state index is -0.310. The Hall–Kier alpha value is -2.64. The first kappa shape index (κ1) is 18.2. The van der Waals surface area contributed by atoms with Crippen molar-refractivity contribution in [2.75, 3.05) is 13.1 Å². The predicted octanol–water partition coefficient (Wildman–Crippen LogP) is 1.83. The van der Waals surface area contributed by atoms with Crippen molar-refractivity contribution in [3.05, 3.63) is 52.0 Å². The number of benzene rings is 1. The van der Waals surface area contributed by atoms with Crippen molar-refractivity contribution in [2.45, 2.75) is 38.8 Å². The third-order valence-electron chi connectivity index (χ3n) is 4.83. The van der Waals surface area contributed by atoms with Crippen LogP contribution >= 0.6 is 0 Å². The first-order valence-electron chi connectivity index (χ1n) is 8.90. The van der Waals surface area contributed by atoms with Gasteiger partial charge in [0.1, 0.15) is 11.6 Å². The minimum Gasteiger partial charge on any atom is -0.334 e. The maximum absolute atomic E-state index is 13.2. The second kappa shape index (κ2) is 7.72. The van der Waals surface area contributed by atoms with Crippen LogP contribution in [0.1, 0.15) is 37.1 Å². The molecule has 1 fully saturated rings. The molecule has 1 N–H and O–H groups in total. The summed E-state index contributed by atoms with van der Waals surface area (Å²) in [5, 5.41) is 7.20. The molecular weight excluding hydrogens is 337 g/mol. The molecule has 1 aliphatic heterocycles. The number of hydrogen-bond acceptors (Lipinski definition) is 3. The molecule has 0 aliphatic carbocycles. The summed E-state index contributed by atoms with van der Waals surface area (Å²) in [6.45, 7) is 4.03. The number of likely N-dealkylation sites (tertiary alicyclic amines) is 1. The lowest BCUT2D eigenvalue weighted by molar-refractivity contribution is 0.179. The highest BCUT2D eigenvalue weighted by atomic mass is 19.1. The van der Waals surface area contributed by atoms with Gasteiger partial charge in [-0.05, 0) is 37.5 Å². The number of aromatic nitrogens is 3. The van der Waals surface area contributed by atoms with E-state index in [-0.39, 0.29) is 23.5 Å². The molecule has 0 unspecified atom stereocenters. The monoisotopic (exact) mass is 361 g/mol. The summed E-state index contributed by atoms with van der Waals surface area (Å²) in [6, 6.07) is 6.05. The van der Waals surface area contributed by atoms with Crippen molar-refractivity contribution in [1.82, 2.24) is 24.6 Å². The number of amides is 2. The van der Waals surface area contributed by atoms with E-state index in [1.54, 1.807) is 28.6 Å². The Labute approximate surface area is 151 Å². The van der Waals surface area contributed by atoms with Crippen LogP contribution in [-0.4, -0.2) is 38.4 Å². The largest absolute Gasteiger partial charge is 0.345 e. The van der Waals surface area contributed by atoms with Crippen LogP contribution in [0.4, 0.5) is 9.18 Å². The summed E-state index contributed by atoms with van der Waals surface area (Å²) in [4.78, 5) is 26.1. The molecule has 1 aromatic carbocycles. The van der Waals surface area contributed by atoms with Gasteiger partial charge >= 0.3 is 11.7 Å². The number of aryl methyl sites for hydroxylation is 1. The SMILES string of the molecule is CCn1c(C2CCN(C(=O)NCc3cccc(F)c3)CC2)nn(C)c1=O. The number of piperidine rings is 1. The maximum Gasteiger partial charge on any atom is 0.345 e. The zero-order valence-electron chi connectivity index (χ0n) is 15.1. The molecule has 0 atom stereocenters. The molecule has 26 heavy (non-hydrogen) atoms. The molecule has 1 saturated heterocycles. The van der Waals surface area contributed by atoms with Crippen LogP contribution in [-0.2, 0) is 20.1 Å². The lowest BCUT2D eigenvalue weighted by Crippen LogP contribution is -2.44. The Morgan fingerprint density at radius 1 is 1.35 bits per heavy atom. The third kappa shape index (κ3) is 3.79. The quantitative estimate of drug-likeness (QED) is 0.903. The second-order valence-electron chi connectivity index (χ2n) is 6.56. The fourth-order valence-electron chi connectivity index (χ4n) is 3.40. The van der Waals surface area contributed by atoms with Crippen LogP contribution < -0.4 is 11.0 Å². The van der Waals surface area contributed by atoms with Crippen molar-refractivity contribution in [1.29, 1.82) is 0 Å². The van der Waals surface area contributed by atoms with Crippen LogP contribution in [0.5, 0.6) is 0 Å². The summed E-state index contributed by atoms with van der Waals surface area (Å²) in [6.07, 6.45) is 1.54. The van der Waals surface area contributed by atoms with E-state index in [2.05, 4.69) is 10.4 Å². The van der Waals surface area contributed by atoms with Crippen molar-refractivity contribution in [3.63, 3.8) is 0 Å². The van der Waals surface area contributed by atoms with Gasteiger partial charge in [0.15, 0.2) is 0 Å². The summed E-state index contributed by atoms with van der Waals surface area (Å²) in [7, 11) is 1.66. The molecule has 3 rings (SSSR count). The molecule has 2 heterocycles. The van der Waals surface area contributed by atoms with Gasteiger partial charge in [-0.1, -0.05) is 12.1 Å². The predicted molar refractivity (Wildman–Crippen MR) is 95.3 cm³/mol. The standard InChI is InChI=1S/C18H24FN5O2/c1-3-24-16(21-22(2)18(24)26)14-7-9-23(10-8-14)17(25)20-12-13-5-4-6-15(19)11-13/h4-6,11,14H,3,7-10,12H2,1-2H3,(H,20,25). The van der Waals surface area contributed by atoms with Gasteiger partial charge in [0.25, 0.3) is 0 Å². The molecule has 8 heteroatoms. The average molecular weight is 361 g/mol. The van der Waals surface area contributed by atoms with E-state index in [1.807, 2.05) is 6.92 Å². The number of carbonyl (C=O) groups excluding carboxylic acids is 1. The number of carbonyl (C=O) groups is 1. The topological polar surface area (TPSA) is 72.2 Å². The van der Waals surface area contributed by atoms with Crippen LogP contribution in [0, 0.1) is 5.82 Å². The smallest absolute Gasteiger partial charge is 0.334 e. The van der Waals surface area contributed by atoms with Gasteiger partial charge in [0, 0.05) is 39.1 Å². The number of nitrogens with one attached hydrogen (secondary N) is 1. The molecule has 7 nitrogen and oxygen atoms in total. The first-order valence-corrected chi connectivity index (χ1v) is 8.90. The summed E-state index contributed by atoms with van der Waals surface area (Å²) < 4.78 is 16.3. The Morgan fingerprint density at radius 2 is 2.08 bits per heavy atom. The summed E-state index contributed by atoms with van der Waals surface area (Å²) >= 11 is 0. The van der Waals surface area contributed by atoms with E-state index in [9.17, 15) is 14.0 Å². The Balaban J connectivity index is 1.56. The second-order valence-corrected chi connectivity index (χ2v) is 6.56. The fraction of sp³-hybridized carbons (Fsp3) is 0.500. The number of rotatable bonds is 4. The van der Waals surface area contributed by atoms with Crippen molar-refractivity contribution in [3.8, 4) is 0 Å². The van der Waals surface area contributed by atoms with Gasteiger partial charge in [0.2, 0.25) is 0 Å². The lowest BCUT2D eigenvalue weighted by Gasteiger charge is -2.31. The van der Waals surface area contributed by atoms with E-state index >= 15 is 0 Å². The number of nitrogens with zero attached hydrogens (tertiary/aromatic N) is 4. The van der Waals surface area contributed by atoms with E-state index < -0.39 is 0 Å². The highest BCUT2D eigenvalue weighted by Gasteiger charge is 2.27. The lowest BCUT2D eigenvalue weighted by atomic mass is 9.96. The van der Waals surface area contributed by atoms with Gasteiger partial charge < -0.3 is 10.2 Å². The van der Waals surface area contributed by atoms with Gasteiger partial charge in [-0.15, -0.1) is 0 Å². The fourth-order valence-corrected chi connectivity index (χ4v) is 3.40. The Morgan fingerprint density at radius 3 is 2.73 bits per heavy atom.